The van der Waals surface area contributed by atoms with E-state index in [1.807, 2.05) is 13.0 Å². The zero-order chi connectivity index (χ0) is 16.5. The molecule has 1 N–H and O–H groups in total. The van der Waals surface area contributed by atoms with E-state index in [0.29, 0.717) is 5.92 Å². The van der Waals surface area contributed by atoms with Gasteiger partial charge in [0.15, 0.2) is 0 Å². The van der Waals surface area contributed by atoms with Crippen LogP contribution in [-0.4, -0.2) is 11.1 Å². The minimum absolute atomic E-state index is 0.0542. The second kappa shape index (κ2) is 6.06. The summed E-state index contributed by atoms with van der Waals surface area (Å²) in [7, 11) is 0. The largest absolute Gasteiger partial charge is 0.481 e. The molecule has 2 nitrogen and oxygen atoms in total. The van der Waals surface area contributed by atoms with Gasteiger partial charge in [0.25, 0.3) is 0 Å². The molecule has 0 aromatic rings. The van der Waals surface area contributed by atoms with Gasteiger partial charge in [-0.15, -0.1) is 0 Å². The van der Waals surface area contributed by atoms with Crippen molar-refractivity contribution in [2.75, 3.05) is 0 Å². The van der Waals surface area contributed by atoms with E-state index < -0.39 is 11.4 Å². The van der Waals surface area contributed by atoms with Gasteiger partial charge in [0.2, 0.25) is 0 Å². The molecule has 0 aliphatic heterocycles. The zero-order valence-electron chi connectivity index (χ0n) is 14.3. The lowest BCUT2D eigenvalue weighted by atomic mass is 9.46. The monoisotopic (exact) mass is 302 g/mol. The first kappa shape index (κ1) is 17.1. The highest BCUT2D eigenvalue weighted by Gasteiger charge is 2.57. The maximum Gasteiger partial charge on any atom is 0.309 e. The lowest BCUT2D eigenvalue weighted by Crippen LogP contribution is -2.53. The number of hydrogen-bond acceptors (Lipinski definition) is 1. The van der Waals surface area contributed by atoms with Crippen LogP contribution >= 0.6 is 0 Å². The number of carboxylic acid groups (broad SMARTS) is 1. The summed E-state index contributed by atoms with van der Waals surface area (Å²) in [5.41, 5.74) is 1.97. The van der Waals surface area contributed by atoms with Crippen molar-refractivity contribution in [2.45, 2.75) is 59.3 Å². The van der Waals surface area contributed by atoms with Crippen molar-refractivity contribution in [3.8, 4) is 0 Å². The zero-order valence-corrected chi connectivity index (χ0v) is 14.3. The molecule has 22 heavy (non-hydrogen) atoms. The summed E-state index contributed by atoms with van der Waals surface area (Å²) in [5, 5.41) is 9.81. The Morgan fingerprint density at radius 2 is 2.09 bits per heavy atom. The fourth-order valence-electron chi connectivity index (χ4n) is 5.03. The first-order valence-corrected chi connectivity index (χ1v) is 8.46. The van der Waals surface area contributed by atoms with Crippen molar-refractivity contribution < 1.29 is 9.90 Å². The van der Waals surface area contributed by atoms with Gasteiger partial charge in [-0.3, -0.25) is 4.79 Å². The number of carboxylic acids is 1. The molecule has 122 valence electrons. The first-order chi connectivity index (χ1) is 10.3. The van der Waals surface area contributed by atoms with Gasteiger partial charge in [0.05, 0.1) is 5.41 Å². The molecular formula is C20H30O2. The van der Waals surface area contributed by atoms with Crippen LogP contribution in [0.25, 0.3) is 0 Å². The van der Waals surface area contributed by atoms with Gasteiger partial charge in [0, 0.05) is 0 Å². The van der Waals surface area contributed by atoms with Crippen LogP contribution in [0.3, 0.4) is 0 Å². The van der Waals surface area contributed by atoms with Crippen molar-refractivity contribution in [2.24, 2.45) is 22.7 Å². The Balaban J connectivity index is 2.36. The van der Waals surface area contributed by atoms with Gasteiger partial charge in [0.1, 0.15) is 0 Å². The standard InChI is InChI=1S/C20H30O2/c1-6-14(2)8-10-16-15(3)9-11-17-19(16,4)12-7-13-20(17,5)18(21)22/h6,8,16-17H,1,3,7,9-13H2,2,4-5H3,(H,21,22)/t16-,17+,19-,20+/m1/s1. The minimum Gasteiger partial charge on any atom is -0.481 e. The third kappa shape index (κ3) is 2.68. The summed E-state index contributed by atoms with van der Waals surface area (Å²) >= 11 is 0. The Hall–Kier alpha value is -1.31. The van der Waals surface area contributed by atoms with Gasteiger partial charge in [-0.2, -0.15) is 0 Å². The summed E-state index contributed by atoms with van der Waals surface area (Å²) in [6.07, 6.45) is 9.95. The normalized spacial score (nSPS) is 39.2. The van der Waals surface area contributed by atoms with Crippen molar-refractivity contribution >= 4 is 5.97 Å². The molecule has 0 aromatic carbocycles. The fraction of sp³-hybridized carbons (Fsp3) is 0.650. The Labute approximate surface area is 135 Å². The third-order valence-corrected chi connectivity index (χ3v) is 6.51. The molecular weight excluding hydrogens is 272 g/mol. The number of aliphatic carboxylic acids is 1. The molecule has 2 fully saturated rings. The van der Waals surface area contributed by atoms with E-state index in [1.54, 1.807) is 0 Å². The van der Waals surface area contributed by atoms with Gasteiger partial charge >= 0.3 is 5.97 Å². The third-order valence-electron chi connectivity index (χ3n) is 6.51. The lowest BCUT2D eigenvalue weighted by Gasteiger charge is -2.57. The van der Waals surface area contributed by atoms with Gasteiger partial charge in [-0.25, -0.2) is 0 Å². The van der Waals surface area contributed by atoms with E-state index in [4.69, 9.17) is 0 Å². The van der Waals surface area contributed by atoms with E-state index in [-0.39, 0.29) is 11.3 Å². The molecule has 0 unspecified atom stereocenters. The van der Waals surface area contributed by atoms with Crippen LogP contribution in [0.15, 0.2) is 36.5 Å². The lowest BCUT2D eigenvalue weighted by molar-refractivity contribution is -0.164. The van der Waals surface area contributed by atoms with Crippen molar-refractivity contribution in [1.82, 2.24) is 0 Å². The highest BCUT2D eigenvalue weighted by atomic mass is 16.4. The van der Waals surface area contributed by atoms with E-state index in [9.17, 15) is 9.90 Å². The van der Waals surface area contributed by atoms with Gasteiger partial charge < -0.3 is 5.11 Å². The smallest absolute Gasteiger partial charge is 0.309 e. The Morgan fingerprint density at radius 1 is 1.41 bits per heavy atom. The molecule has 2 aliphatic carbocycles. The summed E-state index contributed by atoms with van der Waals surface area (Å²) in [5.74, 6) is 0.0202. The Kier molecular flexibility index (Phi) is 4.70. The second-order valence-corrected chi connectivity index (χ2v) is 7.77. The molecule has 0 bridgehead atoms. The molecule has 0 heterocycles. The summed E-state index contributed by atoms with van der Waals surface area (Å²) in [6, 6.07) is 0. The van der Waals surface area contributed by atoms with Gasteiger partial charge in [-0.05, 0) is 63.2 Å². The Bertz CT molecular complexity index is 516. The van der Waals surface area contributed by atoms with Crippen LogP contribution in [0.4, 0.5) is 0 Å². The Morgan fingerprint density at radius 3 is 2.68 bits per heavy atom. The molecule has 2 rings (SSSR count). The van der Waals surface area contributed by atoms with E-state index >= 15 is 0 Å². The number of carbonyl (C=O) groups is 1. The van der Waals surface area contributed by atoms with Crippen LogP contribution in [0.1, 0.15) is 59.3 Å². The van der Waals surface area contributed by atoms with Gasteiger partial charge in [-0.1, -0.05) is 49.8 Å². The fourth-order valence-corrected chi connectivity index (χ4v) is 5.03. The summed E-state index contributed by atoms with van der Waals surface area (Å²) in [4.78, 5) is 11.9. The van der Waals surface area contributed by atoms with Crippen molar-refractivity contribution in [3.63, 3.8) is 0 Å². The van der Waals surface area contributed by atoms with Crippen LogP contribution < -0.4 is 0 Å². The number of fused-ring (bicyclic) bond motifs is 1. The topological polar surface area (TPSA) is 37.3 Å². The minimum atomic E-state index is -0.618. The van der Waals surface area contributed by atoms with Crippen LogP contribution in [0.2, 0.25) is 0 Å². The molecule has 0 aromatic heterocycles. The maximum absolute atomic E-state index is 11.9. The molecule has 0 saturated heterocycles. The summed E-state index contributed by atoms with van der Waals surface area (Å²) in [6.45, 7) is 14.5. The molecule has 0 amide bonds. The number of rotatable bonds is 4. The number of allylic oxidation sites excluding steroid dienone is 4. The van der Waals surface area contributed by atoms with Crippen LogP contribution in [0, 0.1) is 22.7 Å². The average Bonchev–Trinajstić information content (AvgIpc) is 2.45. The molecule has 2 saturated carbocycles. The van der Waals surface area contributed by atoms with Crippen LogP contribution in [0.5, 0.6) is 0 Å². The average molecular weight is 302 g/mol. The van der Waals surface area contributed by atoms with Crippen LogP contribution in [-0.2, 0) is 4.79 Å². The first-order valence-electron chi connectivity index (χ1n) is 8.46. The molecule has 0 radical (unpaired) electrons. The predicted octanol–water partition coefficient (Wildman–Crippen LogP) is 5.37. The quantitative estimate of drug-likeness (QED) is 0.559. The predicted molar refractivity (Wildman–Crippen MR) is 91.6 cm³/mol. The molecule has 2 heteroatoms. The van der Waals surface area contributed by atoms with Crippen molar-refractivity contribution in [3.05, 3.63) is 36.5 Å². The number of hydrogen-bond donors (Lipinski definition) is 1. The van der Waals surface area contributed by atoms with E-state index in [0.717, 1.165) is 38.5 Å². The molecule has 2 aliphatic rings. The molecule has 4 atom stereocenters. The highest BCUT2D eigenvalue weighted by Crippen LogP contribution is 2.61. The SMILES string of the molecule is C=CC(C)=CC[C@@H]1C(=C)CC[C@H]2[C@]1(C)CCC[C@]2(C)C(=O)O. The maximum atomic E-state index is 11.9. The second-order valence-electron chi connectivity index (χ2n) is 7.77. The van der Waals surface area contributed by atoms with Crippen molar-refractivity contribution in [1.29, 1.82) is 0 Å². The molecule has 0 spiro atoms. The summed E-state index contributed by atoms with van der Waals surface area (Å²) < 4.78 is 0. The van der Waals surface area contributed by atoms with E-state index in [1.165, 1.54) is 11.1 Å². The van der Waals surface area contributed by atoms with E-state index in [2.05, 4.69) is 33.1 Å². The highest BCUT2D eigenvalue weighted by molar-refractivity contribution is 5.75.